The van der Waals surface area contributed by atoms with E-state index in [9.17, 15) is 13.8 Å². The summed E-state index contributed by atoms with van der Waals surface area (Å²) in [6.07, 6.45) is -0.188. The minimum Gasteiger partial charge on any atom is -0.441 e. The lowest BCUT2D eigenvalue weighted by Crippen LogP contribution is -2.25. The molecule has 3 heterocycles. The molecule has 2 N–H and O–H groups in total. The first-order chi connectivity index (χ1) is 14.7. The summed E-state index contributed by atoms with van der Waals surface area (Å²) in [4.78, 5) is 36.3. The van der Waals surface area contributed by atoms with Crippen molar-refractivity contribution in [2.24, 2.45) is 7.05 Å². The molecule has 162 valence electrons. The van der Waals surface area contributed by atoms with Crippen LogP contribution in [0.2, 0.25) is 0 Å². The number of hydrogen-bond acceptors (Lipinski definition) is 8. The lowest BCUT2D eigenvalue weighted by molar-refractivity contribution is 0.0880. The Balaban J connectivity index is 1.49. The predicted molar refractivity (Wildman–Crippen MR) is 103 cm³/mol. The second-order valence-corrected chi connectivity index (χ2v) is 7.84. The average molecular weight is 450 g/mol. The summed E-state index contributed by atoms with van der Waals surface area (Å²) in [5, 5.41) is 11.7. The maximum Gasteiger partial charge on any atom is 0.469 e. The van der Waals surface area contributed by atoms with Gasteiger partial charge in [0.25, 0.3) is 0 Å². The van der Waals surface area contributed by atoms with E-state index in [1.165, 1.54) is 29.2 Å². The number of aryl methyl sites for hydroxylation is 1. The van der Waals surface area contributed by atoms with Gasteiger partial charge in [0, 0.05) is 17.3 Å². The first-order valence-electron chi connectivity index (χ1n) is 8.88. The summed E-state index contributed by atoms with van der Waals surface area (Å²) in [5.74, 6) is -0.248. The Labute approximate surface area is 174 Å². The Hall–Kier alpha value is -3.25. The highest BCUT2D eigenvalue weighted by Crippen LogP contribution is 2.37. The second-order valence-electron chi connectivity index (χ2n) is 6.60. The molecule has 0 bridgehead atoms. The van der Waals surface area contributed by atoms with Crippen LogP contribution in [0.4, 0.5) is 14.9 Å². The smallest absolute Gasteiger partial charge is 0.441 e. The maximum absolute atomic E-state index is 14.8. The van der Waals surface area contributed by atoms with E-state index in [1.54, 1.807) is 19.2 Å². The number of phosphoric ester groups is 1. The maximum atomic E-state index is 14.8. The third-order valence-corrected chi connectivity index (χ3v) is 4.86. The number of benzene rings is 1. The number of hydrogen-bond donors (Lipinski definition) is 2. The summed E-state index contributed by atoms with van der Waals surface area (Å²) in [6, 6.07) is 7.50. The topological polar surface area (TPSA) is 153 Å². The summed E-state index contributed by atoms with van der Waals surface area (Å²) in [6.45, 7) is -0.523. The monoisotopic (exact) mass is 450 g/mol. The second kappa shape index (κ2) is 8.12. The van der Waals surface area contributed by atoms with E-state index in [1.807, 2.05) is 0 Å². The fourth-order valence-electron chi connectivity index (χ4n) is 2.98. The zero-order chi connectivity index (χ0) is 22.2. The van der Waals surface area contributed by atoms with Gasteiger partial charge in [0.2, 0.25) is 5.82 Å². The molecule has 0 unspecified atom stereocenters. The van der Waals surface area contributed by atoms with Crippen LogP contribution < -0.4 is 4.90 Å². The lowest BCUT2D eigenvalue weighted by Gasteiger charge is -2.14. The molecule has 0 saturated carbocycles. The number of phosphoric acid groups is 1. The number of cyclic esters (lactones) is 1. The molecule has 1 aliphatic heterocycles. The van der Waals surface area contributed by atoms with E-state index in [4.69, 9.17) is 14.5 Å². The zero-order valence-electron chi connectivity index (χ0n) is 16.0. The number of anilines is 1. The van der Waals surface area contributed by atoms with Crippen molar-refractivity contribution < 1.29 is 32.8 Å². The van der Waals surface area contributed by atoms with E-state index >= 15 is 0 Å². The van der Waals surface area contributed by atoms with Crippen LogP contribution in [0.25, 0.3) is 22.6 Å². The van der Waals surface area contributed by atoms with Gasteiger partial charge in [-0.2, -0.15) is 4.80 Å². The van der Waals surface area contributed by atoms with Gasteiger partial charge < -0.3 is 14.5 Å². The molecular formula is C17H16FN6O6P. The van der Waals surface area contributed by atoms with Crippen molar-refractivity contribution in [3.05, 3.63) is 42.3 Å². The summed E-state index contributed by atoms with van der Waals surface area (Å²) >= 11 is 0. The number of ether oxygens (including phenoxy) is 1. The number of halogens is 1. The van der Waals surface area contributed by atoms with Gasteiger partial charge in [0.1, 0.15) is 17.6 Å². The van der Waals surface area contributed by atoms with Crippen molar-refractivity contribution in [2.75, 3.05) is 18.1 Å². The van der Waals surface area contributed by atoms with Crippen LogP contribution in [-0.2, 0) is 20.9 Å². The number of carbonyl (C=O) groups is 1. The van der Waals surface area contributed by atoms with Crippen LogP contribution in [-0.4, -0.2) is 60.3 Å². The minimum absolute atomic E-state index is 0.0427. The van der Waals surface area contributed by atoms with Crippen LogP contribution in [0.5, 0.6) is 0 Å². The third-order valence-electron chi connectivity index (χ3n) is 4.38. The summed E-state index contributed by atoms with van der Waals surface area (Å²) in [7, 11) is -3.06. The van der Waals surface area contributed by atoms with E-state index in [2.05, 4.69) is 24.9 Å². The molecule has 4 rings (SSSR count). The molecule has 1 fully saturated rings. The molecule has 0 aliphatic carbocycles. The molecule has 1 amide bonds. The molecule has 1 saturated heterocycles. The van der Waals surface area contributed by atoms with Crippen LogP contribution >= 0.6 is 7.82 Å². The van der Waals surface area contributed by atoms with Crippen molar-refractivity contribution in [1.29, 1.82) is 0 Å². The van der Waals surface area contributed by atoms with E-state index in [0.717, 1.165) is 4.90 Å². The van der Waals surface area contributed by atoms with Crippen LogP contribution in [0.3, 0.4) is 0 Å². The quantitative estimate of drug-likeness (QED) is 0.529. The predicted octanol–water partition coefficient (Wildman–Crippen LogP) is 1.51. The van der Waals surface area contributed by atoms with Crippen molar-refractivity contribution in [2.45, 2.75) is 6.10 Å². The number of rotatable bonds is 6. The summed E-state index contributed by atoms with van der Waals surface area (Å²) in [5.41, 5.74) is 1.49. The first-order valence-corrected chi connectivity index (χ1v) is 10.4. The molecule has 12 nitrogen and oxygen atoms in total. The molecule has 1 aliphatic rings. The van der Waals surface area contributed by atoms with Gasteiger partial charge in [-0.05, 0) is 29.5 Å². The number of tetrazole rings is 1. The van der Waals surface area contributed by atoms with Gasteiger partial charge in [0.05, 0.1) is 25.9 Å². The fourth-order valence-corrected chi connectivity index (χ4v) is 3.34. The Morgan fingerprint density at radius 2 is 2.13 bits per heavy atom. The van der Waals surface area contributed by atoms with Gasteiger partial charge in [0.15, 0.2) is 0 Å². The Kier molecular flexibility index (Phi) is 5.50. The van der Waals surface area contributed by atoms with E-state index < -0.39 is 32.4 Å². The number of carbonyl (C=O) groups excluding carboxylic acids is 1. The molecule has 31 heavy (non-hydrogen) atoms. The van der Waals surface area contributed by atoms with Crippen molar-refractivity contribution in [3.8, 4) is 22.6 Å². The standard InChI is InChI=1S/C17H16FN6O6P/c1-23-21-16(20-22-23)15-5-2-10(7-19-15)13-4-3-11(6-14(13)18)24-8-12(30-17(24)25)9-29-31(26,27)28/h2-7,12H,8-9H2,1H3,(H2,26,27,28)/t12-/m1/s1. The van der Waals surface area contributed by atoms with Crippen LogP contribution in [0, 0.1) is 5.82 Å². The minimum atomic E-state index is -4.69. The van der Waals surface area contributed by atoms with Gasteiger partial charge in [-0.25, -0.2) is 13.8 Å². The van der Waals surface area contributed by atoms with Gasteiger partial charge >= 0.3 is 13.9 Å². The van der Waals surface area contributed by atoms with Crippen LogP contribution in [0.15, 0.2) is 36.5 Å². The SMILES string of the molecule is Cn1nnc(-c2ccc(-c3ccc(N4C[C@H](COP(=O)(O)O)OC4=O)cc3F)cn2)n1. The number of aromatic nitrogens is 5. The molecule has 1 aromatic carbocycles. The molecule has 2 aromatic heterocycles. The van der Waals surface area contributed by atoms with E-state index in [0.29, 0.717) is 17.1 Å². The molecule has 1 atom stereocenters. The molecule has 3 aromatic rings. The lowest BCUT2D eigenvalue weighted by atomic mass is 10.1. The highest BCUT2D eigenvalue weighted by molar-refractivity contribution is 7.46. The third kappa shape index (κ3) is 4.75. The highest BCUT2D eigenvalue weighted by atomic mass is 31.2. The molecular weight excluding hydrogens is 434 g/mol. The Morgan fingerprint density at radius 1 is 1.32 bits per heavy atom. The number of amides is 1. The van der Waals surface area contributed by atoms with Crippen molar-refractivity contribution in [3.63, 3.8) is 0 Å². The van der Waals surface area contributed by atoms with Gasteiger partial charge in [-0.1, -0.05) is 6.07 Å². The average Bonchev–Trinajstić information content (AvgIpc) is 3.31. The Morgan fingerprint density at radius 3 is 2.74 bits per heavy atom. The zero-order valence-corrected chi connectivity index (χ0v) is 16.9. The molecule has 0 spiro atoms. The molecule has 14 heteroatoms. The Bertz CT molecular complexity index is 1170. The number of pyridine rings is 1. The molecule has 0 radical (unpaired) electrons. The van der Waals surface area contributed by atoms with Crippen molar-refractivity contribution in [1.82, 2.24) is 25.2 Å². The van der Waals surface area contributed by atoms with E-state index in [-0.39, 0.29) is 17.8 Å². The normalized spacial score (nSPS) is 16.6. The van der Waals surface area contributed by atoms with Crippen LogP contribution in [0.1, 0.15) is 0 Å². The fraction of sp³-hybridized carbons (Fsp3) is 0.235. The van der Waals surface area contributed by atoms with Gasteiger partial charge in [-0.3, -0.25) is 14.4 Å². The summed E-state index contributed by atoms with van der Waals surface area (Å²) < 4.78 is 34.9. The number of nitrogens with zero attached hydrogens (tertiary/aromatic N) is 6. The highest BCUT2D eigenvalue weighted by Gasteiger charge is 2.34. The van der Waals surface area contributed by atoms with Gasteiger partial charge in [-0.15, -0.1) is 10.2 Å². The first kappa shape index (κ1) is 21.0. The van der Waals surface area contributed by atoms with Crippen molar-refractivity contribution >= 4 is 19.6 Å². The largest absolute Gasteiger partial charge is 0.469 e.